The highest BCUT2D eigenvalue weighted by molar-refractivity contribution is 5.86. The van der Waals surface area contributed by atoms with Crippen molar-refractivity contribution in [2.24, 2.45) is 5.73 Å². The van der Waals surface area contributed by atoms with Crippen LogP contribution in [0.3, 0.4) is 0 Å². The molecule has 0 radical (unpaired) electrons. The minimum Gasteiger partial charge on any atom is -0.353 e. The Morgan fingerprint density at radius 1 is 1.28 bits per heavy atom. The van der Waals surface area contributed by atoms with Crippen LogP contribution in [0.15, 0.2) is 6.07 Å². The largest absolute Gasteiger partial charge is 0.353 e. The number of carbonyl (C=O) groups is 1. The van der Waals surface area contributed by atoms with E-state index in [1.165, 1.54) is 0 Å². The maximum Gasteiger partial charge on any atom is 0.242 e. The molecule has 1 saturated heterocycles. The van der Waals surface area contributed by atoms with Crippen molar-refractivity contribution in [1.82, 2.24) is 14.9 Å². The molecule has 0 aliphatic carbocycles. The van der Waals surface area contributed by atoms with E-state index in [0.717, 1.165) is 43.3 Å². The summed E-state index contributed by atoms with van der Waals surface area (Å²) in [6.07, 6.45) is 1.63. The van der Waals surface area contributed by atoms with Gasteiger partial charge in [0.1, 0.15) is 11.6 Å². The summed E-state index contributed by atoms with van der Waals surface area (Å²) >= 11 is 0. The van der Waals surface area contributed by atoms with E-state index in [9.17, 15) is 4.79 Å². The van der Waals surface area contributed by atoms with E-state index in [1.54, 1.807) is 0 Å². The standard InChI is InChI=1S/C18H31N5O.ClH/c1-6-7-18(5,19)17(24)23-10-8-22(9-11-23)15-12-14(4)20-16(21-15)13(2)3;/h12-13H,6-11,19H2,1-5H3;1H. The van der Waals surface area contributed by atoms with Gasteiger partial charge in [0.05, 0.1) is 5.54 Å². The van der Waals surface area contributed by atoms with Gasteiger partial charge in [0.15, 0.2) is 0 Å². The zero-order valence-electron chi connectivity index (χ0n) is 16.1. The second-order valence-corrected chi connectivity index (χ2v) is 7.33. The van der Waals surface area contributed by atoms with E-state index >= 15 is 0 Å². The van der Waals surface area contributed by atoms with Crippen molar-refractivity contribution in [2.75, 3.05) is 31.1 Å². The molecule has 1 aliphatic rings. The Morgan fingerprint density at radius 2 is 1.88 bits per heavy atom. The first-order chi connectivity index (χ1) is 11.2. The molecule has 1 unspecified atom stereocenters. The predicted molar refractivity (Wildman–Crippen MR) is 104 cm³/mol. The van der Waals surface area contributed by atoms with E-state index in [-0.39, 0.29) is 18.3 Å². The molecule has 0 aromatic carbocycles. The summed E-state index contributed by atoms with van der Waals surface area (Å²) in [4.78, 5) is 25.9. The highest BCUT2D eigenvalue weighted by Crippen LogP contribution is 2.20. The number of anilines is 1. The lowest BCUT2D eigenvalue weighted by molar-refractivity contribution is -0.137. The summed E-state index contributed by atoms with van der Waals surface area (Å²) < 4.78 is 0. The second kappa shape index (κ2) is 8.81. The average Bonchev–Trinajstić information content (AvgIpc) is 2.53. The lowest BCUT2D eigenvalue weighted by Gasteiger charge is -2.39. The molecule has 1 aliphatic heterocycles. The summed E-state index contributed by atoms with van der Waals surface area (Å²) in [7, 11) is 0. The quantitative estimate of drug-likeness (QED) is 0.862. The number of hydrogen-bond donors (Lipinski definition) is 1. The third-order valence-electron chi connectivity index (χ3n) is 4.52. The number of amides is 1. The molecule has 1 aromatic heterocycles. The van der Waals surface area contributed by atoms with Crippen LogP contribution in [-0.2, 0) is 4.79 Å². The summed E-state index contributed by atoms with van der Waals surface area (Å²) in [6, 6.07) is 2.02. The summed E-state index contributed by atoms with van der Waals surface area (Å²) in [5.41, 5.74) is 6.42. The van der Waals surface area contributed by atoms with Crippen LogP contribution < -0.4 is 10.6 Å². The van der Waals surface area contributed by atoms with Gasteiger partial charge in [-0.3, -0.25) is 4.79 Å². The first-order valence-electron chi connectivity index (χ1n) is 8.93. The van der Waals surface area contributed by atoms with E-state index < -0.39 is 5.54 Å². The SMILES string of the molecule is CCCC(C)(N)C(=O)N1CCN(c2cc(C)nc(C(C)C)n2)CC1.Cl. The number of aryl methyl sites for hydroxylation is 1. The maximum atomic E-state index is 12.6. The van der Waals surface area contributed by atoms with Crippen LogP contribution in [-0.4, -0.2) is 52.5 Å². The molecule has 0 bridgehead atoms. The predicted octanol–water partition coefficient (Wildman–Crippen LogP) is 2.50. The Labute approximate surface area is 157 Å². The molecule has 7 heteroatoms. The van der Waals surface area contributed by atoms with Gasteiger partial charge < -0.3 is 15.5 Å². The number of nitrogens with two attached hydrogens (primary N) is 1. The van der Waals surface area contributed by atoms with Crippen molar-refractivity contribution in [1.29, 1.82) is 0 Å². The summed E-state index contributed by atoms with van der Waals surface area (Å²) in [5.74, 6) is 2.20. The third-order valence-corrected chi connectivity index (χ3v) is 4.52. The molecule has 0 spiro atoms. The first-order valence-corrected chi connectivity index (χ1v) is 8.93. The van der Waals surface area contributed by atoms with Gasteiger partial charge >= 0.3 is 0 Å². The van der Waals surface area contributed by atoms with Gasteiger partial charge in [-0.2, -0.15) is 0 Å². The van der Waals surface area contributed by atoms with Crippen LogP contribution in [0.5, 0.6) is 0 Å². The molecule has 0 saturated carbocycles. The van der Waals surface area contributed by atoms with Crippen molar-refractivity contribution in [2.45, 2.75) is 58.9 Å². The van der Waals surface area contributed by atoms with Crippen LogP contribution in [0.25, 0.3) is 0 Å². The van der Waals surface area contributed by atoms with Gasteiger partial charge in [-0.05, 0) is 20.3 Å². The molecule has 2 heterocycles. The molecule has 2 N–H and O–H groups in total. The van der Waals surface area contributed by atoms with Gasteiger partial charge in [0.25, 0.3) is 0 Å². The van der Waals surface area contributed by atoms with E-state index in [1.807, 2.05) is 24.8 Å². The molecule has 1 amide bonds. The molecule has 25 heavy (non-hydrogen) atoms. The monoisotopic (exact) mass is 369 g/mol. The molecule has 1 atom stereocenters. The Hall–Kier alpha value is -1.40. The normalized spacial score (nSPS) is 17.2. The Balaban J connectivity index is 0.00000312. The smallest absolute Gasteiger partial charge is 0.242 e. The van der Waals surface area contributed by atoms with Crippen molar-refractivity contribution in [3.63, 3.8) is 0 Å². The van der Waals surface area contributed by atoms with E-state index in [0.29, 0.717) is 19.0 Å². The molecule has 142 valence electrons. The van der Waals surface area contributed by atoms with Crippen molar-refractivity contribution < 1.29 is 4.79 Å². The Kier molecular flexibility index (Phi) is 7.62. The van der Waals surface area contributed by atoms with Gasteiger partial charge in [0, 0.05) is 43.9 Å². The summed E-state index contributed by atoms with van der Waals surface area (Å²) in [5, 5.41) is 0. The molecule has 2 rings (SSSR count). The minimum atomic E-state index is -0.757. The highest BCUT2D eigenvalue weighted by atomic mass is 35.5. The fraction of sp³-hybridized carbons (Fsp3) is 0.722. The zero-order chi connectivity index (χ0) is 17.9. The van der Waals surface area contributed by atoms with E-state index in [4.69, 9.17) is 10.7 Å². The molecule has 1 aromatic rings. The van der Waals surface area contributed by atoms with Crippen molar-refractivity contribution in [3.8, 4) is 0 Å². The van der Waals surface area contributed by atoms with Crippen LogP contribution in [0.2, 0.25) is 0 Å². The number of halogens is 1. The molecule has 1 fully saturated rings. The van der Waals surface area contributed by atoms with Gasteiger partial charge in [-0.1, -0.05) is 27.2 Å². The summed E-state index contributed by atoms with van der Waals surface area (Å²) in [6.45, 7) is 13.0. The van der Waals surface area contributed by atoms with Gasteiger partial charge in [-0.25, -0.2) is 9.97 Å². The number of rotatable bonds is 5. The average molecular weight is 370 g/mol. The second-order valence-electron chi connectivity index (χ2n) is 7.33. The molecular weight excluding hydrogens is 338 g/mol. The third kappa shape index (κ3) is 5.28. The van der Waals surface area contributed by atoms with Crippen molar-refractivity contribution >= 4 is 24.1 Å². The maximum absolute atomic E-state index is 12.6. The molecule has 6 nitrogen and oxygen atoms in total. The lowest BCUT2D eigenvalue weighted by atomic mass is 9.95. The highest BCUT2D eigenvalue weighted by Gasteiger charge is 2.33. The van der Waals surface area contributed by atoms with Crippen LogP contribution in [0.1, 0.15) is 58.0 Å². The lowest BCUT2D eigenvalue weighted by Crippen LogP contribution is -2.58. The van der Waals surface area contributed by atoms with Crippen LogP contribution in [0.4, 0.5) is 5.82 Å². The Morgan fingerprint density at radius 3 is 2.40 bits per heavy atom. The first kappa shape index (κ1) is 21.6. The van der Waals surface area contributed by atoms with Gasteiger partial charge in [-0.15, -0.1) is 12.4 Å². The van der Waals surface area contributed by atoms with E-state index in [2.05, 4.69) is 30.7 Å². The van der Waals surface area contributed by atoms with Crippen LogP contribution in [0, 0.1) is 6.92 Å². The molecular formula is C18H32ClN5O. The Bertz CT molecular complexity index is 583. The zero-order valence-corrected chi connectivity index (χ0v) is 16.9. The number of piperazine rings is 1. The van der Waals surface area contributed by atoms with Crippen molar-refractivity contribution in [3.05, 3.63) is 17.6 Å². The minimum absolute atomic E-state index is 0. The number of carbonyl (C=O) groups excluding carboxylic acids is 1. The fourth-order valence-corrected chi connectivity index (χ4v) is 3.12. The number of aromatic nitrogens is 2. The fourth-order valence-electron chi connectivity index (χ4n) is 3.12. The number of nitrogens with zero attached hydrogens (tertiary/aromatic N) is 4. The topological polar surface area (TPSA) is 75.4 Å². The van der Waals surface area contributed by atoms with Crippen LogP contribution >= 0.6 is 12.4 Å². The van der Waals surface area contributed by atoms with Gasteiger partial charge in [0.2, 0.25) is 5.91 Å². The number of hydrogen-bond acceptors (Lipinski definition) is 5.